The largest absolute Gasteiger partial charge is 0.394 e. The SMILES string of the molecule is CON(C)[C@@H]1OC(CO)[C@H](O)C(O)[C@@H]1O. The van der Waals surface area contributed by atoms with Crippen LogP contribution < -0.4 is 0 Å². The average Bonchev–Trinajstić information content (AvgIpc) is 2.25. The maximum Gasteiger partial charge on any atom is 0.161 e. The van der Waals surface area contributed by atoms with Crippen LogP contribution in [-0.4, -0.2) is 76.9 Å². The molecule has 1 heterocycles. The van der Waals surface area contributed by atoms with Crippen LogP contribution in [0.4, 0.5) is 0 Å². The number of hydrogen-bond acceptors (Lipinski definition) is 7. The Labute approximate surface area is 87.4 Å². The van der Waals surface area contributed by atoms with Gasteiger partial charge in [0.2, 0.25) is 0 Å². The summed E-state index contributed by atoms with van der Waals surface area (Å²) in [5.74, 6) is 0. The van der Waals surface area contributed by atoms with Crippen molar-refractivity contribution in [3.8, 4) is 0 Å². The number of ether oxygens (including phenoxy) is 1. The summed E-state index contributed by atoms with van der Waals surface area (Å²) in [5.41, 5.74) is 0. The van der Waals surface area contributed by atoms with E-state index in [-0.39, 0.29) is 0 Å². The van der Waals surface area contributed by atoms with Gasteiger partial charge in [-0.1, -0.05) is 0 Å². The fraction of sp³-hybridized carbons (Fsp3) is 1.00. The molecule has 1 rings (SSSR count). The number of likely N-dealkylation sites (N-methyl/N-ethyl adjacent to an activating group) is 1. The van der Waals surface area contributed by atoms with Gasteiger partial charge in [-0.3, -0.25) is 4.84 Å². The number of aliphatic hydroxyl groups is 4. The summed E-state index contributed by atoms with van der Waals surface area (Å²) in [6.07, 6.45) is -5.85. The van der Waals surface area contributed by atoms with Gasteiger partial charge in [0, 0.05) is 7.05 Å². The quantitative estimate of drug-likeness (QED) is 0.385. The molecule has 1 saturated heterocycles. The van der Waals surface area contributed by atoms with E-state index >= 15 is 0 Å². The third kappa shape index (κ3) is 2.45. The monoisotopic (exact) mass is 223 g/mol. The molecule has 1 aliphatic heterocycles. The van der Waals surface area contributed by atoms with Gasteiger partial charge >= 0.3 is 0 Å². The minimum absolute atomic E-state index is 0.445. The predicted molar refractivity (Wildman–Crippen MR) is 48.5 cm³/mol. The van der Waals surface area contributed by atoms with Crippen molar-refractivity contribution in [2.24, 2.45) is 0 Å². The third-order valence-electron chi connectivity index (χ3n) is 2.51. The summed E-state index contributed by atoms with van der Waals surface area (Å²) in [5, 5.41) is 38.6. The predicted octanol–water partition coefficient (Wildman–Crippen LogP) is -2.72. The van der Waals surface area contributed by atoms with Crippen molar-refractivity contribution in [2.75, 3.05) is 20.8 Å². The maximum atomic E-state index is 9.58. The Balaban J connectivity index is 2.74. The van der Waals surface area contributed by atoms with Crippen LogP contribution in [0.5, 0.6) is 0 Å². The van der Waals surface area contributed by atoms with Crippen molar-refractivity contribution in [3.05, 3.63) is 0 Å². The van der Waals surface area contributed by atoms with Crippen LogP contribution in [0.25, 0.3) is 0 Å². The Morgan fingerprint density at radius 2 is 1.80 bits per heavy atom. The number of hydroxylamine groups is 2. The van der Waals surface area contributed by atoms with Crippen molar-refractivity contribution in [1.82, 2.24) is 5.06 Å². The molecule has 5 atom stereocenters. The maximum absolute atomic E-state index is 9.58. The summed E-state index contributed by atoms with van der Waals surface area (Å²) in [6, 6.07) is 0. The lowest BCUT2D eigenvalue weighted by atomic mass is 9.98. The van der Waals surface area contributed by atoms with Gasteiger partial charge in [-0.15, -0.1) is 0 Å². The molecule has 7 heteroatoms. The molecular formula is C8H17NO6. The standard InChI is InChI=1S/C8H17NO6/c1-9(14-2)8-7(13)6(12)5(11)4(3-10)15-8/h4-8,10-13H,3H2,1-2H3/t4?,5-,6?,7-,8+/m0/s1. The second kappa shape index (κ2) is 5.17. The topological polar surface area (TPSA) is 103 Å². The molecule has 0 saturated carbocycles. The average molecular weight is 223 g/mol. The Kier molecular flexibility index (Phi) is 4.41. The van der Waals surface area contributed by atoms with E-state index < -0.39 is 37.3 Å². The highest BCUT2D eigenvalue weighted by molar-refractivity contribution is 4.90. The second-order valence-electron chi connectivity index (χ2n) is 3.45. The fourth-order valence-corrected chi connectivity index (χ4v) is 1.49. The first-order valence-corrected chi connectivity index (χ1v) is 4.60. The Hall–Kier alpha value is -0.280. The lowest BCUT2D eigenvalue weighted by Gasteiger charge is -2.42. The Bertz CT molecular complexity index is 202. The van der Waals surface area contributed by atoms with E-state index in [1.165, 1.54) is 19.2 Å². The van der Waals surface area contributed by atoms with Crippen LogP contribution in [0.15, 0.2) is 0 Å². The van der Waals surface area contributed by atoms with Crippen LogP contribution in [0, 0.1) is 0 Å². The number of hydrogen-bond donors (Lipinski definition) is 4. The highest BCUT2D eigenvalue weighted by Crippen LogP contribution is 2.22. The Morgan fingerprint density at radius 1 is 1.20 bits per heavy atom. The molecule has 0 spiro atoms. The number of nitrogens with zero attached hydrogens (tertiary/aromatic N) is 1. The molecular weight excluding hydrogens is 206 g/mol. The van der Waals surface area contributed by atoms with E-state index in [9.17, 15) is 15.3 Å². The van der Waals surface area contributed by atoms with E-state index in [1.54, 1.807) is 0 Å². The molecule has 0 aromatic heterocycles. The highest BCUT2D eigenvalue weighted by atomic mass is 16.7. The molecule has 90 valence electrons. The first-order chi connectivity index (χ1) is 7.02. The first-order valence-electron chi connectivity index (χ1n) is 4.60. The molecule has 1 aliphatic rings. The normalized spacial score (nSPS) is 42.2. The van der Waals surface area contributed by atoms with Crippen LogP contribution in [0.1, 0.15) is 0 Å². The van der Waals surface area contributed by atoms with E-state index in [1.807, 2.05) is 0 Å². The van der Waals surface area contributed by atoms with Crippen LogP contribution >= 0.6 is 0 Å². The van der Waals surface area contributed by atoms with E-state index in [4.69, 9.17) is 14.7 Å². The minimum atomic E-state index is -1.38. The van der Waals surface area contributed by atoms with Crippen LogP contribution in [0.3, 0.4) is 0 Å². The summed E-state index contributed by atoms with van der Waals surface area (Å²) in [7, 11) is 2.88. The van der Waals surface area contributed by atoms with E-state index in [0.29, 0.717) is 0 Å². The van der Waals surface area contributed by atoms with Gasteiger partial charge in [-0.25, -0.2) is 0 Å². The first kappa shape index (κ1) is 12.8. The van der Waals surface area contributed by atoms with Gasteiger partial charge in [-0.2, -0.15) is 5.06 Å². The Morgan fingerprint density at radius 3 is 2.27 bits per heavy atom. The van der Waals surface area contributed by atoms with Crippen molar-refractivity contribution in [1.29, 1.82) is 0 Å². The van der Waals surface area contributed by atoms with E-state index in [2.05, 4.69) is 0 Å². The zero-order chi connectivity index (χ0) is 11.6. The molecule has 15 heavy (non-hydrogen) atoms. The molecule has 0 aromatic carbocycles. The van der Waals surface area contributed by atoms with Gasteiger partial charge in [-0.05, 0) is 0 Å². The summed E-state index contributed by atoms with van der Waals surface area (Å²) in [4.78, 5) is 4.81. The zero-order valence-corrected chi connectivity index (χ0v) is 8.65. The van der Waals surface area contributed by atoms with E-state index in [0.717, 1.165) is 0 Å². The van der Waals surface area contributed by atoms with Crippen molar-refractivity contribution in [2.45, 2.75) is 30.6 Å². The minimum Gasteiger partial charge on any atom is -0.394 e. The summed E-state index contributed by atoms with van der Waals surface area (Å²) >= 11 is 0. The van der Waals surface area contributed by atoms with Gasteiger partial charge < -0.3 is 25.2 Å². The lowest BCUT2D eigenvalue weighted by molar-refractivity contribution is -0.320. The molecule has 0 aliphatic carbocycles. The number of rotatable bonds is 3. The molecule has 0 amide bonds. The summed E-state index contributed by atoms with van der Waals surface area (Å²) < 4.78 is 5.17. The van der Waals surface area contributed by atoms with Gasteiger partial charge in [0.25, 0.3) is 0 Å². The second-order valence-corrected chi connectivity index (χ2v) is 3.45. The highest BCUT2D eigenvalue weighted by Gasteiger charge is 2.45. The molecule has 0 aromatic rings. The molecule has 0 bridgehead atoms. The van der Waals surface area contributed by atoms with Crippen LogP contribution in [0.2, 0.25) is 0 Å². The number of aliphatic hydroxyl groups excluding tert-OH is 4. The van der Waals surface area contributed by atoms with Crippen LogP contribution in [-0.2, 0) is 9.57 Å². The zero-order valence-electron chi connectivity index (χ0n) is 8.65. The van der Waals surface area contributed by atoms with Gasteiger partial charge in [0.15, 0.2) is 6.23 Å². The van der Waals surface area contributed by atoms with Crippen molar-refractivity contribution in [3.63, 3.8) is 0 Å². The van der Waals surface area contributed by atoms with Crippen molar-refractivity contribution < 1.29 is 30.0 Å². The molecule has 4 N–H and O–H groups in total. The fourth-order valence-electron chi connectivity index (χ4n) is 1.49. The van der Waals surface area contributed by atoms with Crippen molar-refractivity contribution >= 4 is 0 Å². The van der Waals surface area contributed by atoms with Gasteiger partial charge in [0.05, 0.1) is 13.7 Å². The van der Waals surface area contributed by atoms with Gasteiger partial charge in [0.1, 0.15) is 24.4 Å². The molecule has 7 nitrogen and oxygen atoms in total. The summed E-state index contributed by atoms with van der Waals surface area (Å²) in [6.45, 7) is -0.445. The third-order valence-corrected chi connectivity index (χ3v) is 2.51. The smallest absolute Gasteiger partial charge is 0.161 e. The molecule has 1 fully saturated rings. The molecule has 0 radical (unpaired) electrons. The molecule has 2 unspecified atom stereocenters. The lowest BCUT2D eigenvalue weighted by Crippen LogP contribution is -2.62.